The summed E-state index contributed by atoms with van der Waals surface area (Å²) in [6.07, 6.45) is -6.81. The number of rotatable bonds is 12. The molecule has 1 nitrogen and oxygen atoms in total. The second-order valence-corrected chi connectivity index (χ2v) is 16.6. The molecule has 0 amide bonds. The van der Waals surface area contributed by atoms with Gasteiger partial charge in [-0.05, 0) is 30.4 Å². The topological polar surface area (TPSA) is 9.23 Å². The van der Waals surface area contributed by atoms with Crippen molar-refractivity contribution in [1.29, 1.82) is 0 Å². The van der Waals surface area contributed by atoms with E-state index in [-0.39, 0.29) is 10.8 Å². The molecule has 0 heterocycles. The molecule has 0 aliphatic heterocycles. The molecule has 0 aliphatic rings. The van der Waals surface area contributed by atoms with Gasteiger partial charge in [0.1, 0.15) is 0 Å². The maximum absolute atomic E-state index is 14.7. The number of alkyl halides is 17. The second kappa shape index (κ2) is 10.5. The number of halogens is 17. The van der Waals surface area contributed by atoms with Gasteiger partial charge in [-0.15, -0.1) is 0 Å². The lowest BCUT2D eigenvalue weighted by Gasteiger charge is -2.43. The van der Waals surface area contributed by atoms with E-state index < -0.39 is 71.0 Å². The highest BCUT2D eigenvalue weighted by Gasteiger charge is 2.95. The van der Waals surface area contributed by atoms with Gasteiger partial charge >= 0.3 is 47.6 Å². The third kappa shape index (κ3) is 5.75. The van der Waals surface area contributed by atoms with Crippen molar-refractivity contribution in [3.05, 3.63) is 36.4 Å². The van der Waals surface area contributed by atoms with Crippen molar-refractivity contribution in [2.24, 2.45) is 0 Å². The second-order valence-electron chi connectivity index (χ2n) is 9.40. The van der Waals surface area contributed by atoms with Gasteiger partial charge in [-0.2, -0.15) is 74.6 Å². The predicted molar refractivity (Wildman–Crippen MR) is 113 cm³/mol. The zero-order valence-corrected chi connectivity index (χ0v) is 22.4. The van der Waals surface area contributed by atoms with Crippen LogP contribution in [0.1, 0.15) is 5.56 Å². The third-order valence-electron chi connectivity index (χ3n) is 5.29. The lowest BCUT2D eigenvalue weighted by atomic mass is 9.89. The minimum Gasteiger partial charge on any atom is -0.454 e. The molecule has 1 atom stereocenters. The fourth-order valence-corrected chi connectivity index (χ4v) is 9.30. The van der Waals surface area contributed by atoms with Crippen LogP contribution in [0.4, 0.5) is 74.6 Å². The summed E-state index contributed by atoms with van der Waals surface area (Å²) in [4.78, 5) is 0. The quantitative estimate of drug-likeness (QED) is 0.164. The summed E-state index contributed by atoms with van der Waals surface area (Å²) in [6.45, 7) is 7.19. The average molecular weight is 655 g/mol. The monoisotopic (exact) mass is 654 g/mol. The number of benzene rings is 1. The Hall–Kier alpha value is -1.84. The lowest BCUT2D eigenvalue weighted by molar-refractivity contribution is -0.460. The first-order valence-electron chi connectivity index (χ1n) is 10.5. The van der Waals surface area contributed by atoms with E-state index in [0.29, 0.717) is 0 Å². The highest BCUT2D eigenvalue weighted by molar-refractivity contribution is 6.82. The lowest BCUT2D eigenvalue weighted by Crippen LogP contribution is -2.74. The molecule has 0 bridgehead atoms. The van der Waals surface area contributed by atoms with Crippen LogP contribution in [0, 0.1) is 0 Å². The fourth-order valence-electron chi connectivity index (χ4n) is 3.19. The molecule has 0 radical (unpaired) electrons. The largest absolute Gasteiger partial charge is 0.460 e. The molecule has 0 spiro atoms. The van der Waals surface area contributed by atoms with Crippen LogP contribution in [0.25, 0.3) is 6.08 Å². The minimum absolute atomic E-state index is 0.0748. The van der Waals surface area contributed by atoms with Crippen molar-refractivity contribution < 1.29 is 78.8 Å². The van der Waals surface area contributed by atoms with Crippen LogP contribution >= 0.6 is 0 Å². The molecule has 0 aromatic heterocycles. The summed E-state index contributed by atoms with van der Waals surface area (Å²) in [5, 5.41) is -0.327. The molecule has 1 aromatic rings. The van der Waals surface area contributed by atoms with Gasteiger partial charge in [-0.3, -0.25) is 0 Å². The Morgan fingerprint density at radius 1 is 0.650 bits per heavy atom. The summed E-state index contributed by atoms with van der Waals surface area (Å²) in [7, 11) is -7.24. The summed E-state index contributed by atoms with van der Waals surface area (Å²) in [5.41, 5.74) is -0.0748. The first-order valence-corrected chi connectivity index (χ1v) is 15.8. The molecule has 0 fully saturated rings. The summed E-state index contributed by atoms with van der Waals surface area (Å²) >= 11 is 0. The summed E-state index contributed by atoms with van der Waals surface area (Å²) in [6, 6.07) is 2.02. The Labute approximate surface area is 217 Å². The van der Waals surface area contributed by atoms with Gasteiger partial charge in [0.05, 0.1) is 0 Å². The Kier molecular flexibility index (Phi) is 9.46. The smallest absolute Gasteiger partial charge is 0.454 e. The molecule has 232 valence electrons. The van der Waals surface area contributed by atoms with E-state index in [1.165, 1.54) is 31.8 Å². The van der Waals surface area contributed by atoms with Crippen LogP contribution < -0.4 is 5.19 Å². The molecule has 1 rings (SSSR count). The maximum Gasteiger partial charge on any atom is 0.460 e. The molecule has 40 heavy (non-hydrogen) atoms. The molecule has 0 aliphatic carbocycles. The normalized spacial score (nSPS) is 16.2. The average Bonchev–Trinajstić information content (AvgIpc) is 2.75. The van der Waals surface area contributed by atoms with E-state index >= 15 is 0 Å². The first-order chi connectivity index (χ1) is 17.4. The molecule has 0 saturated heterocycles. The SMILES string of the molecule is C=Cc1ccccc1[SiH](CC(F)(F)C(F)(F)C(F)(F)C(F)(F)C(F)(F)C(F)(F)C(F)(F)C(F)(F)F)O[Si](C)(C)C. The number of hydrogen-bond acceptors (Lipinski definition) is 1. The van der Waals surface area contributed by atoms with Gasteiger partial charge in [0.25, 0.3) is 0 Å². The third-order valence-corrected chi connectivity index (χ3v) is 11.4. The number of hydrogen-bond donors (Lipinski definition) is 0. The molecule has 1 aromatic carbocycles. The summed E-state index contributed by atoms with van der Waals surface area (Å²) in [5.74, 6) is -56.5. The van der Waals surface area contributed by atoms with E-state index in [2.05, 4.69) is 6.58 Å². The molecule has 0 N–H and O–H groups in total. The first kappa shape index (κ1) is 36.2. The molecule has 20 heteroatoms. The van der Waals surface area contributed by atoms with Crippen LogP contribution in [-0.4, -0.2) is 65.0 Å². The van der Waals surface area contributed by atoms with E-state index in [1.54, 1.807) is 0 Å². The summed E-state index contributed by atoms with van der Waals surface area (Å²) < 4.78 is 237. The minimum atomic E-state index is -8.65. The zero-order valence-electron chi connectivity index (χ0n) is 20.2. The highest BCUT2D eigenvalue weighted by Crippen LogP contribution is 2.64. The van der Waals surface area contributed by atoms with E-state index in [9.17, 15) is 74.6 Å². The Bertz CT molecular complexity index is 1060. The molecular weight excluding hydrogens is 635 g/mol. The zero-order chi connectivity index (χ0) is 32.2. The Morgan fingerprint density at radius 3 is 1.40 bits per heavy atom. The molecule has 1 unspecified atom stereocenters. The van der Waals surface area contributed by atoms with Gasteiger partial charge in [0.15, 0.2) is 8.32 Å². The highest BCUT2D eigenvalue weighted by atomic mass is 28.4. The van der Waals surface area contributed by atoms with Gasteiger partial charge in [0.2, 0.25) is 9.04 Å². The van der Waals surface area contributed by atoms with Gasteiger partial charge in [-0.1, -0.05) is 36.9 Å². The van der Waals surface area contributed by atoms with Crippen molar-refractivity contribution in [2.75, 3.05) is 0 Å². The Balaban J connectivity index is 3.73. The van der Waals surface area contributed by atoms with Crippen LogP contribution in [0.3, 0.4) is 0 Å². The Morgan fingerprint density at radius 2 is 1.02 bits per heavy atom. The van der Waals surface area contributed by atoms with Crippen molar-refractivity contribution >= 4 is 28.6 Å². The van der Waals surface area contributed by atoms with Crippen molar-refractivity contribution in [3.63, 3.8) is 0 Å². The van der Waals surface area contributed by atoms with Crippen molar-refractivity contribution in [2.45, 2.75) is 73.3 Å². The van der Waals surface area contributed by atoms with Crippen molar-refractivity contribution in [3.8, 4) is 0 Å². The van der Waals surface area contributed by atoms with Gasteiger partial charge in [-0.25, -0.2) is 0 Å². The van der Waals surface area contributed by atoms with Crippen LogP contribution in [0.2, 0.25) is 25.7 Å². The standard InChI is InChI=1S/C20H19F17OSi2/c1-5-11-8-6-7-9-12(11)39(38-40(2,3)4)10-13(21,22)14(23,24)15(25,26)16(27,28)17(29,30)18(31,32)19(33,34)20(35,36)37/h5-9,39H,1,10H2,2-4H3. The van der Waals surface area contributed by atoms with Crippen molar-refractivity contribution in [1.82, 2.24) is 0 Å². The molecule has 0 saturated carbocycles. The van der Waals surface area contributed by atoms with Gasteiger partial charge in [0, 0.05) is 6.04 Å². The fraction of sp³-hybridized carbons (Fsp3) is 0.600. The van der Waals surface area contributed by atoms with Crippen LogP contribution in [0.15, 0.2) is 30.8 Å². The van der Waals surface area contributed by atoms with Gasteiger partial charge < -0.3 is 4.12 Å². The maximum atomic E-state index is 14.7. The van der Waals surface area contributed by atoms with E-state index in [4.69, 9.17) is 4.12 Å². The van der Waals surface area contributed by atoms with Crippen LogP contribution in [-0.2, 0) is 4.12 Å². The molecular formula is C20H19F17OSi2. The predicted octanol–water partition coefficient (Wildman–Crippen LogP) is 8.12. The van der Waals surface area contributed by atoms with E-state index in [1.807, 2.05) is 0 Å². The van der Waals surface area contributed by atoms with E-state index in [0.717, 1.165) is 18.2 Å². The van der Waals surface area contributed by atoms with Crippen LogP contribution in [0.5, 0.6) is 0 Å².